The largest absolute Gasteiger partial charge is 0.481 e. The number of hydrogen-bond acceptors (Lipinski definition) is 3. The third-order valence-corrected chi connectivity index (χ3v) is 5.96. The van der Waals surface area contributed by atoms with E-state index >= 15 is 0 Å². The molecule has 31 heavy (non-hydrogen) atoms. The van der Waals surface area contributed by atoms with Gasteiger partial charge in [0.05, 0.1) is 28.7 Å². The fourth-order valence-corrected chi connectivity index (χ4v) is 4.24. The number of carbonyl (C=O) groups is 3. The summed E-state index contributed by atoms with van der Waals surface area (Å²) in [6, 6.07) is 12.2. The zero-order valence-corrected chi connectivity index (χ0v) is 16.6. The Kier molecular flexibility index (Phi) is 4.62. The molecule has 1 heterocycles. The molecule has 0 radical (unpaired) electrons. The van der Waals surface area contributed by atoms with Crippen molar-refractivity contribution in [2.45, 2.75) is 31.3 Å². The molecule has 3 aromatic rings. The minimum atomic E-state index is -0.936. The van der Waals surface area contributed by atoms with E-state index in [-0.39, 0.29) is 18.0 Å². The average molecular weight is 418 g/mol. The summed E-state index contributed by atoms with van der Waals surface area (Å²) in [6.07, 6.45) is 3.95. The molecule has 1 aromatic heterocycles. The second-order valence-corrected chi connectivity index (χ2v) is 8.10. The lowest BCUT2D eigenvalue weighted by molar-refractivity contribution is -0.142. The van der Waals surface area contributed by atoms with Crippen LogP contribution in [0.4, 0.5) is 10.5 Å². The zero-order chi connectivity index (χ0) is 21.5. The molecule has 0 spiro atoms. The average Bonchev–Trinajstić information content (AvgIpc) is 3.32. The topological polar surface area (TPSA) is 123 Å². The summed E-state index contributed by atoms with van der Waals surface area (Å²) in [4.78, 5) is 40.1. The number of aliphatic carboxylic acids is 1. The number of benzene rings is 2. The number of carboxylic acids is 1. The lowest BCUT2D eigenvalue weighted by atomic mass is 10.00. The smallest absolute Gasteiger partial charge is 0.319 e. The Labute approximate surface area is 178 Å². The Balaban J connectivity index is 1.40. The van der Waals surface area contributed by atoms with Crippen LogP contribution in [-0.4, -0.2) is 34.0 Å². The van der Waals surface area contributed by atoms with E-state index in [0.717, 1.165) is 24.0 Å². The number of anilines is 1. The number of rotatable bonds is 5. The number of para-hydroxylation sites is 1. The molecule has 5 rings (SSSR count). The third-order valence-electron chi connectivity index (χ3n) is 5.96. The van der Waals surface area contributed by atoms with Crippen molar-refractivity contribution in [3.8, 4) is 0 Å². The minimum absolute atomic E-state index is 0.237. The van der Waals surface area contributed by atoms with E-state index < -0.39 is 17.9 Å². The van der Waals surface area contributed by atoms with Crippen LogP contribution in [0.5, 0.6) is 0 Å². The Morgan fingerprint density at radius 1 is 1.00 bits per heavy atom. The Bertz CT molecular complexity index is 1200. The maximum atomic E-state index is 13.1. The number of amides is 3. The summed E-state index contributed by atoms with van der Waals surface area (Å²) in [6.45, 7) is 0. The molecular formula is C23H22N4O4. The number of carbonyl (C=O) groups excluding carboxylic acids is 2. The fourth-order valence-electron chi connectivity index (χ4n) is 4.24. The van der Waals surface area contributed by atoms with Gasteiger partial charge in [-0.15, -0.1) is 0 Å². The molecule has 2 aliphatic carbocycles. The van der Waals surface area contributed by atoms with Gasteiger partial charge in [-0.1, -0.05) is 36.4 Å². The molecule has 2 aromatic carbocycles. The van der Waals surface area contributed by atoms with Gasteiger partial charge in [-0.3, -0.25) is 9.59 Å². The summed E-state index contributed by atoms with van der Waals surface area (Å²) in [5, 5.41) is 18.9. The molecule has 0 aliphatic heterocycles. The highest BCUT2D eigenvalue weighted by molar-refractivity contribution is 6.11. The maximum Gasteiger partial charge on any atom is 0.319 e. The van der Waals surface area contributed by atoms with Crippen molar-refractivity contribution < 1.29 is 19.5 Å². The number of nitrogens with one attached hydrogen (secondary N) is 4. The molecule has 1 fully saturated rings. The molecule has 158 valence electrons. The Hall–Kier alpha value is -3.81. The highest BCUT2D eigenvalue weighted by atomic mass is 16.4. The number of carboxylic acid groups (broad SMARTS) is 1. The van der Waals surface area contributed by atoms with Crippen LogP contribution < -0.4 is 16.0 Å². The lowest BCUT2D eigenvalue weighted by Crippen LogP contribution is -2.34. The molecule has 0 bridgehead atoms. The molecule has 2 atom stereocenters. The molecule has 0 saturated heterocycles. The van der Waals surface area contributed by atoms with Gasteiger partial charge in [-0.2, -0.15) is 0 Å². The molecule has 8 heteroatoms. The fraction of sp³-hybridized carbons (Fsp3) is 0.261. The number of urea groups is 1. The van der Waals surface area contributed by atoms with Gasteiger partial charge >= 0.3 is 12.0 Å². The first-order chi connectivity index (χ1) is 15.0. The van der Waals surface area contributed by atoms with Crippen LogP contribution in [0.15, 0.2) is 48.7 Å². The molecular weight excluding hydrogens is 396 g/mol. The van der Waals surface area contributed by atoms with Gasteiger partial charge in [0.2, 0.25) is 0 Å². The quantitative estimate of drug-likeness (QED) is 0.437. The second kappa shape index (κ2) is 7.46. The van der Waals surface area contributed by atoms with Gasteiger partial charge in [-0.05, 0) is 36.5 Å². The molecule has 8 nitrogen and oxygen atoms in total. The second-order valence-electron chi connectivity index (χ2n) is 8.10. The first-order valence-electron chi connectivity index (χ1n) is 10.3. The monoisotopic (exact) mass is 418 g/mol. The summed E-state index contributed by atoms with van der Waals surface area (Å²) < 4.78 is 0. The SMILES string of the molecule is O=C(Nc1cccc2c(C(=O)N[C@@H]3c4ccccc4C[C@@H]3C(=O)O)c[nH]c12)NC1CC1. The van der Waals surface area contributed by atoms with E-state index in [1.54, 1.807) is 24.4 Å². The first-order valence-corrected chi connectivity index (χ1v) is 10.3. The van der Waals surface area contributed by atoms with Gasteiger partial charge in [0.1, 0.15) is 0 Å². The van der Waals surface area contributed by atoms with Gasteiger partial charge in [0, 0.05) is 17.6 Å². The Morgan fingerprint density at radius 2 is 1.81 bits per heavy atom. The van der Waals surface area contributed by atoms with E-state index in [1.807, 2.05) is 24.3 Å². The van der Waals surface area contributed by atoms with E-state index in [9.17, 15) is 19.5 Å². The summed E-state index contributed by atoms with van der Waals surface area (Å²) >= 11 is 0. The molecule has 1 saturated carbocycles. The third kappa shape index (κ3) is 3.61. The maximum absolute atomic E-state index is 13.1. The van der Waals surface area contributed by atoms with E-state index in [4.69, 9.17) is 0 Å². The standard InChI is InChI=1S/C23H22N4O4/c28-21(27-19-14-5-2-1-4-12(14)10-16(19)22(29)30)17-11-24-20-15(17)6-3-7-18(20)26-23(31)25-13-8-9-13/h1-7,11,13,16,19,24H,8-10H2,(H,27,28)(H,29,30)(H2,25,26,31)/t16-,19+/m0/s1. The highest BCUT2D eigenvalue weighted by Crippen LogP contribution is 2.37. The number of H-pyrrole nitrogens is 1. The van der Waals surface area contributed by atoms with Gasteiger partial charge in [0.25, 0.3) is 5.91 Å². The van der Waals surface area contributed by atoms with Crippen LogP contribution in [0.25, 0.3) is 10.9 Å². The van der Waals surface area contributed by atoms with Crippen LogP contribution in [0, 0.1) is 5.92 Å². The van der Waals surface area contributed by atoms with Crippen LogP contribution in [-0.2, 0) is 11.2 Å². The minimum Gasteiger partial charge on any atom is -0.481 e. The van der Waals surface area contributed by atoms with Crippen molar-refractivity contribution in [1.82, 2.24) is 15.6 Å². The summed E-state index contributed by atoms with van der Waals surface area (Å²) in [5.41, 5.74) is 3.38. The predicted octanol–water partition coefficient (Wildman–Crippen LogP) is 3.18. The first kappa shape index (κ1) is 19.2. The van der Waals surface area contributed by atoms with E-state index in [1.165, 1.54) is 0 Å². The van der Waals surface area contributed by atoms with Gasteiger partial charge in [0.15, 0.2) is 0 Å². The Morgan fingerprint density at radius 3 is 2.58 bits per heavy atom. The number of fused-ring (bicyclic) bond motifs is 2. The van der Waals surface area contributed by atoms with Crippen LogP contribution in [0.1, 0.15) is 40.4 Å². The van der Waals surface area contributed by atoms with E-state index in [2.05, 4.69) is 20.9 Å². The zero-order valence-electron chi connectivity index (χ0n) is 16.6. The normalized spacial score (nSPS) is 19.6. The van der Waals surface area contributed by atoms with Crippen molar-refractivity contribution in [2.24, 2.45) is 5.92 Å². The van der Waals surface area contributed by atoms with Gasteiger partial charge in [-0.25, -0.2) is 4.79 Å². The lowest BCUT2D eigenvalue weighted by Gasteiger charge is -2.19. The number of aromatic amines is 1. The summed E-state index contributed by atoms with van der Waals surface area (Å²) in [5.74, 6) is -2.01. The van der Waals surface area contributed by atoms with Crippen molar-refractivity contribution in [2.75, 3.05) is 5.32 Å². The van der Waals surface area contributed by atoms with E-state index in [0.29, 0.717) is 28.6 Å². The molecule has 5 N–H and O–H groups in total. The predicted molar refractivity (Wildman–Crippen MR) is 115 cm³/mol. The van der Waals surface area contributed by atoms with Crippen molar-refractivity contribution in [3.05, 3.63) is 65.4 Å². The number of aromatic nitrogens is 1. The summed E-state index contributed by atoms with van der Waals surface area (Å²) in [7, 11) is 0. The molecule has 3 amide bonds. The van der Waals surface area contributed by atoms with Crippen molar-refractivity contribution >= 4 is 34.5 Å². The highest BCUT2D eigenvalue weighted by Gasteiger charge is 2.38. The van der Waals surface area contributed by atoms with Crippen molar-refractivity contribution in [1.29, 1.82) is 0 Å². The van der Waals surface area contributed by atoms with Crippen molar-refractivity contribution in [3.63, 3.8) is 0 Å². The van der Waals surface area contributed by atoms with Gasteiger partial charge < -0.3 is 26.0 Å². The van der Waals surface area contributed by atoms with Crippen LogP contribution in [0.3, 0.4) is 0 Å². The molecule has 0 unspecified atom stereocenters. The number of hydrogen-bond donors (Lipinski definition) is 5. The van der Waals surface area contributed by atoms with Crippen LogP contribution in [0.2, 0.25) is 0 Å². The molecule has 2 aliphatic rings. The van der Waals surface area contributed by atoms with Crippen LogP contribution >= 0.6 is 0 Å².